The summed E-state index contributed by atoms with van der Waals surface area (Å²) in [7, 11) is 0. The molecule has 0 saturated heterocycles. The molecule has 0 aliphatic rings. The van der Waals surface area contributed by atoms with Gasteiger partial charge in [-0.05, 0) is 20.3 Å². The second kappa shape index (κ2) is 6.12. The van der Waals surface area contributed by atoms with E-state index < -0.39 is 5.54 Å². The second-order valence-electron chi connectivity index (χ2n) is 3.75. The molecule has 1 unspecified atom stereocenters. The molecule has 16 heavy (non-hydrogen) atoms. The van der Waals surface area contributed by atoms with Crippen molar-refractivity contribution < 1.29 is 4.79 Å². The lowest BCUT2D eigenvalue weighted by Crippen LogP contribution is -2.48. The minimum absolute atomic E-state index is 0. The van der Waals surface area contributed by atoms with Crippen molar-refractivity contribution in [1.29, 1.82) is 0 Å². The first kappa shape index (κ1) is 15.3. The number of halogens is 1. The molecular formula is C9H17ClN4OS. The molecule has 1 amide bonds. The van der Waals surface area contributed by atoms with Crippen molar-refractivity contribution in [3.63, 3.8) is 0 Å². The van der Waals surface area contributed by atoms with Crippen LogP contribution in [0.3, 0.4) is 0 Å². The van der Waals surface area contributed by atoms with Gasteiger partial charge in [0.2, 0.25) is 11.0 Å². The summed E-state index contributed by atoms with van der Waals surface area (Å²) in [5, 5.41) is 11.6. The first-order chi connectivity index (χ1) is 6.95. The highest BCUT2D eigenvalue weighted by Crippen LogP contribution is 2.17. The summed E-state index contributed by atoms with van der Waals surface area (Å²) in [5.41, 5.74) is 5.03. The van der Waals surface area contributed by atoms with Crippen molar-refractivity contribution in [2.45, 2.75) is 39.2 Å². The molecule has 0 radical (unpaired) electrons. The Morgan fingerprint density at radius 3 is 2.62 bits per heavy atom. The highest BCUT2D eigenvalue weighted by atomic mass is 35.5. The van der Waals surface area contributed by atoms with Gasteiger partial charge in [-0.2, -0.15) is 0 Å². The van der Waals surface area contributed by atoms with Crippen LogP contribution in [0.25, 0.3) is 0 Å². The smallest absolute Gasteiger partial charge is 0.245 e. The summed E-state index contributed by atoms with van der Waals surface area (Å²) in [4.78, 5) is 11.7. The molecule has 3 N–H and O–H groups in total. The third-order valence-electron chi connectivity index (χ3n) is 2.03. The molecule has 5 nitrogen and oxygen atoms in total. The Balaban J connectivity index is 0.00000225. The monoisotopic (exact) mass is 264 g/mol. The summed E-state index contributed by atoms with van der Waals surface area (Å²) in [5.74, 6) is -0.208. The van der Waals surface area contributed by atoms with E-state index in [2.05, 4.69) is 15.5 Å². The van der Waals surface area contributed by atoms with Crippen LogP contribution >= 0.6 is 23.7 Å². The summed E-state index contributed by atoms with van der Waals surface area (Å²) in [6.07, 6.45) is 1.52. The fraction of sp³-hybridized carbons (Fsp3) is 0.667. The van der Waals surface area contributed by atoms with Crippen LogP contribution in [-0.2, 0) is 4.79 Å². The van der Waals surface area contributed by atoms with Gasteiger partial charge < -0.3 is 5.73 Å². The van der Waals surface area contributed by atoms with Crippen LogP contribution in [0.5, 0.6) is 0 Å². The number of carbonyl (C=O) groups excluding carboxylic acids is 1. The van der Waals surface area contributed by atoms with Crippen molar-refractivity contribution in [2.75, 3.05) is 5.32 Å². The van der Waals surface area contributed by atoms with E-state index in [4.69, 9.17) is 5.73 Å². The maximum Gasteiger partial charge on any atom is 0.245 e. The average Bonchev–Trinajstić information content (AvgIpc) is 2.51. The van der Waals surface area contributed by atoms with Crippen LogP contribution < -0.4 is 11.1 Å². The van der Waals surface area contributed by atoms with Crippen LogP contribution in [-0.4, -0.2) is 21.6 Å². The van der Waals surface area contributed by atoms with Crippen LogP contribution in [0.15, 0.2) is 0 Å². The van der Waals surface area contributed by atoms with E-state index in [0.29, 0.717) is 11.6 Å². The van der Waals surface area contributed by atoms with Gasteiger partial charge in [0.25, 0.3) is 0 Å². The second-order valence-corrected chi connectivity index (χ2v) is 4.93. The first-order valence-corrected chi connectivity index (χ1v) is 5.68. The number of nitrogens with two attached hydrogens (primary N) is 1. The van der Waals surface area contributed by atoms with E-state index in [1.165, 1.54) is 11.3 Å². The third-order valence-corrected chi connectivity index (χ3v) is 2.79. The molecule has 1 aromatic heterocycles. The molecule has 7 heteroatoms. The topological polar surface area (TPSA) is 80.9 Å². The fourth-order valence-corrected chi connectivity index (χ4v) is 1.81. The average molecular weight is 265 g/mol. The van der Waals surface area contributed by atoms with E-state index in [-0.39, 0.29) is 18.3 Å². The van der Waals surface area contributed by atoms with Gasteiger partial charge in [0, 0.05) is 0 Å². The fourth-order valence-electron chi connectivity index (χ4n) is 1.22. The highest BCUT2D eigenvalue weighted by Gasteiger charge is 2.27. The molecule has 1 aromatic rings. The minimum Gasteiger partial charge on any atom is -0.318 e. The molecular weight excluding hydrogens is 248 g/mol. The summed E-state index contributed by atoms with van der Waals surface area (Å²) in [6.45, 7) is 5.55. The van der Waals surface area contributed by atoms with E-state index in [1.807, 2.05) is 13.8 Å². The largest absolute Gasteiger partial charge is 0.318 e. The normalized spacial score (nSPS) is 13.8. The van der Waals surface area contributed by atoms with Crippen molar-refractivity contribution >= 4 is 34.8 Å². The molecule has 0 bridgehead atoms. The van der Waals surface area contributed by atoms with Crippen molar-refractivity contribution in [1.82, 2.24) is 10.2 Å². The van der Waals surface area contributed by atoms with Gasteiger partial charge in [0.1, 0.15) is 5.01 Å². The maximum absolute atomic E-state index is 11.7. The van der Waals surface area contributed by atoms with Crippen molar-refractivity contribution in [3.05, 3.63) is 5.01 Å². The zero-order valence-corrected chi connectivity index (χ0v) is 11.2. The lowest BCUT2D eigenvalue weighted by atomic mass is 9.97. The third kappa shape index (κ3) is 4.03. The first-order valence-electron chi connectivity index (χ1n) is 4.86. The van der Waals surface area contributed by atoms with Crippen LogP contribution in [0.4, 0.5) is 5.13 Å². The lowest BCUT2D eigenvalue weighted by molar-refractivity contribution is -0.120. The number of hydrogen-bond donors (Lipinski definition) is 2. The minimum atomic E-state index is -0.839. The Hall–Kier alpha value is -0.720. The van der Waals surface area contributed by atoms with Crippen LogP contribution in [0.2, 0.25) is 0 Å². The van der Waals surface area contributed by atoms with E-state index in [1.54, 1.807) is 6.92 Å². The van der Waals surface area contributed by atoms with Crippen LogP contribution in [0.1, 0.15) is 31.7 Å². The van der Waals surface area contributed by atoms with Gasteiger partial charge in [0.05, 0.1) is 5.54 Å². The number of aromatic nitrogens is 2. The SMILES string of the molecule is CCCC(C)(N)C(=O)Nc1nnc(C)s1.Cl. The maximum atomic E-state index is 11.7. The number of rotatable bonds is 4. The molecule has 92 valence electrons. The molecule has 0 aliphatic carbocycles. The quantitative estimate of drug-likeness (QED) is 0.868. The Labute approximate surface area is 105 Å². The van der Waals surface area contributed by atoms with Crippen molar-refractivity contribution in [3.8, 4) is 0 Å². The molecule has 0 fully saturated rings. The van der Waals surface area contributed by atoms with Gasteiger partial charge in [-0.25, -0.2) is 0 Å². The van der Waals surface area contributed by atoms with E-state index >= 15 is 0 Å². The van der Waals surface area contributed by atoms with Crippen molar-refractivity contribution in [2.24, 2.45) is 5.73 Å². The molecule has 1 rings (SSSR count). The molecule has 0 aliphatic heterocycles. The number of hydrogen-bond acceptors (Lipinski definition) is 5. The number of carbonyl (C=O) groups is 1. The van der Waals surface area contributed by atoms with Gasteiger partial charge >= 0.3 is 0 Å². The Bertz CT molecular complexity index is 353. The lowest BCUT2D eigenvalue weighted by Gasteiger charge is -2.21. The molecule has 1 atom stereocenters. The summed E-state index contributed by atoms with van der Waals surface area (Å²) >= 11 is 1.34. The number of amides is 1. The Morgan fingerprint density at radius 1 is 1.56 bits per heavy atom. The zero-order chi connectivity index (χ0) is 11.5. The van der Waals surface area contributed by atoms with Gasteiger partial charge in [-0.15, -0.1) is 22.6 Å². The number of nitrogens with zero attached hydrogens (tertiary/aromatic N) is 2. The Morgan fingerprint density at radius 2 is 2.19 bits per heavy atom. The highest BCUT2D eigenvalue weighted by molar-refractivity contribution is 7.15. The summed E-state index contributed by atoms with van der Waals surface area (Å²) in [6, 6.07) is 0. The Kier molecular flexibility index (Phi) is 5.85. The molecule has 0 aromatic carbocycles. The zero-order valence-electron chi connectivity index (χ0n) is 9.61. The van der Waals surface area contributed by atoms with E-state index in [9.17, 15) is 4.79 Å². The predicted octanol–water partition coefficient (Wildman–Crippen LogP) is 1.72. The van der Waals surface area contributed by atoms with Gasteiger partial charge in [-0.3, -0.25) is 10.1 Å². The molecule has 0 spiro atoms. The van der Waals surface area contributed by atoms with Gasteiger partial charge in [-0.1, -0.05) is 24.7 Å². The predicted molar refractivity (Wildman–Crippen MR) is 68.0 cm³/mol. The molecule has 1 heterocycles. The number of aryl methyl sites for hydroxylation is 1. The van der Waals surface area contributed by atoms with Crippen LogP contribution in [0, 0.1) is 6.92 Å². The molecule has 0 saturated carbocycles. The summed E-state index contributed by atoms with van der Waals surface area (Å²) < 4.78 is 0. The number of anilines is 1. The van der Waals surface area contributed by atoms with Gasteiger partial charge in [0.15, 0.2) is 0 Å². The van der Waals surface area contributed by atoms with E-state index in [0.717, 1.165) is 11.4 Å². The standard InChI is InChI=1S/C9H16N4OS.ClH/c1-4-5-9(3,10)7(14)11-8-13-12-6(2)15-8;/h4-5,10H2,1-3H3,(H,11,13,14);1H. The number of nitrogens with one attached hydrogen (secondary N) is 1.